The van der Waals surface area contributed by atoms with Gasteiger partial charge in [0.25, 0.3) is 5.91 Å². The molecule has 1 aromatic heterocycles. The monoisotopic (exact) mass is 419 g/mol. The number of rotatable bonds is 6. The predicted octanol–water partition coefficient (Wildman–Crippen LogP) is 3.84. The number of aromatic nitrogens is 1. The largest absolute Gasteiger partial charge is 0.370 e. The quantitative estimate of drug-likeness (QED) is 0.633. The number of benzene rings is 2. The topological polar surface area (TPSA) is 73.6 Å². The molecule has 1 saturated heterocycles. The highest BCUT2D eigenvalue weighted by molar-refractivity contribution is 5.96. The van der Waals surface area contributed by atoms with Gasteiger partial charge < -0.3 is 25.0 Å². The van der Waals surface area contributed by atoms with Gasteiger partial charge in [0.15, 0.2) is 5.82 Å². The van der Waals surface area contributed by atoms with Crippen LogP contribution in [0.3, 0.4) is 0 Å². The van der Waals surface area contributed by atoms with Crippen LogP contribution in [0.1, 0.15) is 22.9 Å². The average molecular weight is 420 g/mol. The number of carbonyl (C=O) groups excluding carboxylic acids is 1. The molecule has 0 saturated carbocycles. The Morgan fingerprint density at radius 1 is 1.03 bits per heavy atom. The summed E-state index contributed by atoms with van der Waals surface area (Å²) in [5.41, 5.74) is 4.21. The van der Waals surface area contributed by atoms with Crippen molar-refractivity contribution in [2.75, 3.05) is 48.8 Å². The summed E-state index contributed by atoms with van der Waals surface area (Å²) in [7, 11) is 2.16. The summed E-state index contributed by atoms with van der Waals surface area (Å²) in [6, 6.07) is 17.1. The van der Waals surface area contributed by atoms with Crippen LogP contribution in [-0.2, 0) is 4.79 Å². The number of nitrogens with zero attached hydrogens (tertiary/aromatic N) is 3. The van der Waals surface area contributed by atoms with Crippen LogP contribution in [0.5, 0.6) is 0 Å². The van der Waals surface area contributed by atoms with Crippen LogP contribution in [0.4, 0.5) is 17.2 Å². The van der Waals surface area contributed by atoms with Gasteiger partial charge >= 0.3 is 0 Å². The van der Waals surface area contributed by atoms with Crippen molar-refractivity contribution in [2.45, 2.75) is 19.9 Å². The van der Waals surface area contributed by atoms with Crippen LogP contribution in [-0.4, -0.2) is 49.2 Å². The van der Waals surface area contributed by atoms with Crippen molar-refractivity contribution < 1.29 is 9.32 Å². The van der Waals surface area contributed by atoms with Gasteiger partial charge in [-0.1, -0.05) is 35.5 Å². The van der Waals surface area contributed by atoms with E-state index in [-0.39, 0.29) is 5.91 Å². The average Bonchev–Trinajstić information content (AvgIpc) is 3.18. The smallest absolute Gasteiger partial charge is 0.252 e. The summed E-state index contributed by atoms with van der Waals surface area (Å²) in [6.07, 6.45) is 0. The molecule has 0 spiro atoms. The van der Waals surface area contributed by atoms with E-state index in [0.29, 0.717) is 11.6 Å². The van der Waals surface area contributed by atoms with Gasteiger partial charge in [0.2, 0.25) is 0 Å². The van der Waals surface area contributed by atoms with Crippen LogP contribution >= 0.6 is 0 Å². The first-order valence-electron chi connectivity index (χ1n) is 10.6. The van der Waals surface area contributed by atoms with Crippen molar-refractivity contribution in [3.8, 4) is 0 Å². The number of aryl methyl sites for hydroxylation is 2. The first-order chi connectivity index (χ1) is 15.0. The lowest BCUT2D eigenvalue weighted by molar-refractivity contribution is -0.117. The molecule has 162 valence electrons. The van der Waals surface area contributed by atoms with Crippen molar-refractivity contribution in [1.29, 1.82) is 0 Å². The fourth-order valence-corrected chi connectivity index (χ4v) is 3.88. The maximum atomic E-state index is 13.1. The van der Waals surface area contributed by atoms with Crippen molar-refractivity contribution in [3.05, 3.63) is 71.5 Å². The molecule has 1 aliphatic heterocycles. The zero-order valence-electron chi connectivity index (χ0n) is 18.3. The molecule has 0 radical (unpaired) electrons. The lowest BCUT2D eigenvalue weighted by atomic mass is 10.0. The van der Waals surface area contributed by atoms with Gasteiger partial charge in [-0.3, -0.25) is 4.79 Å². The maximum Gasteiger partial charge on any atom is 0.252 e. The molecule has 3 aromatic rings. The molecule has 31 heavy (non-hydrogen) atoms. The number of piperazine rings is 1. The van der Waals surface area contributed by atoms with Crippen molar-refractivity contribution in [2.24, 2.45) is 0 Å². The molecular weight excluding hydrogens is 390 g/mol. The van der Waals surface area contributed by atoms with Gasteiger partial charge in [-0.15, -0.1) is 0 Å². The molecule has 2 heterocycles. The summed E-state index contributed by atoms with van der Waals surface area (Å²) >= 11 is 0. The number of carbonyl (C=O) groups is 1. The first kappa shape index (κ1) is 20.9. The zero-order valence-corrected chi connectivity index (χ0v) is 18.3. The van der Waals surface area contributed by atoms with Gasteiger partial charge in [0.05, 0.1) is 0 Å². The Morgan fingerprint density at radius 2 is 1.77 bits per heavy atom. The lowest BCUT2D eigenvalue weighted by Crippen LogP contribution is -2.44. The van der Waals surface area contributed by atoms with E-state index >= 15 is 0 Å². The maximum absolute atomic E-state index is 13.1. The third-order valence-corrected chi connectivity index (χ3v) is 5.63. The van der Waals surface area contributed by atoms with E-state index in [9.17, 15) is 4.79 Å². The Kier molecular flexibility index (Phi) is 6.23. The summed E-state index contributed by atoms with van der Waals surface area (Å²) in [5.74, 6) is 0.863. The lowest BCUT2D eigenvalue weighted by Gasteiger charge is -2.35. The molecule has 0 bridgehead atoms. The predicted molar refractivity (Wildman–Crippen MR) is 124 cm³/mol. The molecular formula is C24H29N5O2. The van der Waals surface area contributed by atoms with E-state index < -0.39 is 6.04 Å². The zero-order chi connectivity index (χ0) is 21.8. The molecule has 7 nitrogen and oxygen atoms in total. The Labute approximate surface area is 183 Å². The van der Waals surface area contributed by atoms with Crippen molar-refractivity contribution >= 4 is 23.1 Å². The summed E-state index contributed by atoms with van der Waals surface area (Å²) in [5, 5.41) is 10.1. The van der Waals surface area contributed by atoms with Crippen molar-refractivity contribution in [3.63, 3.8) is 0 Å². The molecule has 1 amide bonds. The molecule has 1 aliphatic rings. The fourth-order valence-electron chi connectivity index (χ4n) is 3.88. The minimum absolute atomic E-state index is 0.194. The Morgan fingerprint density at radius 3 is 2.42 bits per heavy atom. The summed E-state index contributed by atoms with van der Waals surface area (Å²) in [6.45, 7) is 8.09. The number of hydrogen-bond acceptors (Lipinski definition) is 6. The number of nitrogens with one attached hydrogen (secondary N) is 2. The molecule has 1 unspecified atom stereocenters. The first-order valence-corrected chi connectivity index (χ1v) is 10.6. The second kappa shape index (κ2) is 9.22. The van der Waals surface area contributed by atoms with E-state index in [1.807, 2.05) is 36.4 Å². The number of amides is 1. The molecule has 1 fully saturated rings. The third-order valence-electron chi connectivity index (χ3n) is 5.63. The van der Waals surface area contributed by atoms with Crippen molar-refractivity contribution in [1.82, 2.24) is 10.1 Å². The van der Waals surface area contributed by atoms with Crippen LogP contribution in [0.25, 0.3) is 0 Å². The fraction of sp³-hybridized carbons (Fsp3) is 0.333. The number of anilines is 3. The van der Waals surface area contributed by atoms with Gasteiger partial charge in [0, 0.05) is 43.6 Å². The minimum Gasteiger partial charge on any atom is -0.370 e. The highest BCUT2D eigenvalue weighted by Gasteiger charge is 2.22. The van der Waals surface area contributed by atoms with Crippen LogP contribution in [0.2, 0.25) is 0 Å². The third kappa shape index (κ3) is 5.06. The van der Waals surface area contributed by atoms with E-state index in [4.69, 9.17) is 4.52 Å². The van der Waals surface area contributed by atoms with E-state index in [1.165, 1.54) is 11.3 Å². The van der Waals surface area contributed by atoms with Gasteiger partial charge in [-0.2, -0.15) is 0 Å². The van der Waals surface area contributed by atoms with E-state index in [1.54, 1.807) is 13.0 Å². The molecule has 0 aliphatic carbocycles. The SMILES string of the molecule is Cc1cc(NC(=O)C(Nc2ccc(N3CCN(C)CC3)c(C)c2)c2ccccc2)no1. The molecule has 1 atom stereocenters. The highest BCUT2D eigenvalue weighted by Crippen LogP contribution is 2.28. The molecule has 2 N–H and O–H groups in total. The highest BCUT2D eigenvalue weighted by atomic mass is 16.5. The molecule has 4 rings (SSSR count). The normalized spacial score (nSPS) is 15.5. The molecule has 2 aromatic carbocycles. The minimum atomic E-state index is -0.563. The summed E-state index contributed by atoms with van der Waals surface area (Å²) < 4.78 is 5.07. The van der Waals surface area contributed by atoms with Crippen LogP contribution in [0, 0.1) is 13.8 Å². The van der Waals surface area contributed by atoms with Crippen LogP contribution in [0.15, 0.2) is 59.1 Å². The van der Waals surface area contributed by atoms with Gasteiger partial charge in [0.1, 0.15) is 11.8 Å². The molecule has 7 heteroatoms. The second-order valence-electron chi connectivity index (χ2n) is 8.09. The standard InChI is InChI=1S/C24H29N5O2/c1-17-15-20(9-10-21(17)29-13-11-28(3)12-14-29)25-23(19-7-5-4-6-8-19)24(30)26-22-16-18(2)31-27-22/h4-10,15-16,23,25H,11-14H2,1-3H3,(H,26,27,30). The Hall–Kier alpha value is -3.32. The number of likely N-dealkylation sites (N-methyl/N-ethyl adjacent to an activating group) is 1. The van der Waals surface area contributed by atoms with E-state index in [0.717, 1.165) is 37.4 Å². The Balaban J connectivity index is 1.54. The Bertz CT molecular complexity index is 1030. The van der Waals surface area contributed by atoms with E-state index in [2.05, 4.69) is 51.7 Å². The number of hydrogen-bond donors (Lipinski definition) is 2. The van der Waals surface area contributed by atoms with Gasteiger partial charge in [-0.25, -0.2) is 0 Å². The second-order valence-corrected chi connectivity index (χ2v) is 8.09. The van der Waals surface area contributed by atoms with Crippen LogP contribution < -0.4 is 15.5 Å². The van der Waals surface area contributed by atoms with Gasteiger partial charge in [-0.05, 0) is 50.2 Å². The summed E-state index contributed by atoms with van der Waals surface area (Å²) in [4.78, 5) is 17.9.